The fourth-order valence-corrected chi connectivity index (χ4v) is 3.44. The third-order valence-electron chi connectivity index (χ3n) is 4.70. The van der Waals surface area contributed by atoms with Crippen LogP contribution in [0.4, 0.5) is 5.69 Å². The lowest BCUT2D eigenvalue weighted by Gasteiger charge is -2.12. The minimum absolute atomic E-state index is 0.211. The Hall–Kier alpha value is -3.38. The first-order valence-corrected chi connectivity index (χ1v) is 10.5. The zero-order valence-electron chi connectivity index (χ0n) is 16.2. The summed E-state index contributed by atoms with van der Waals surface area (Å²) < 4.78 is 0.925. The first kappa shape index (κ1) is 19.9. The van der Waals surface area contributed by atoms with Crippen molar-refractivity contribution < 1.29 is 4.79 Å². The molecule has 1 amide bonds. The minimum Gasteiger partial charge on any atom is -0.361 e. The summed E-state index contributed by atoms with van der Waals surface area (Å²) in [5.74, 6) is 0.214. The van der Waals surface area contributed by atoms with Crippen molar-refractivity contribution in [3.05, 3.63) is 101 Å². The molecule has 3 N–H and O–H groups in total. The molecule has 0 atom stereocenters. The summed E-state index contributed by atoms with van der Waals surface area (Å²) in [6.07, 6.45) is 2.78. The van der Waals surface area contributed by atoms with Crippen LogP contribution in [0.1, 0.15) is 15.9 Å². The van der Waals surface area contributed by atoms with Crippen molar-refractivity contribution in [3.63, 3.8) is 0 Å². The van der Waals surface area contributed by atoms with Crippen molar-refractivity contribution >= 4 is 44.4 Å². The van der Waals surface area contributed by atoms with Crippen molar-refractivity contribution in [2.24, 2.45) is 4.99 Å². The Morgan fingerprint density at radius 3 is 2.47 bits per heavy atom. The lowest BCUT2D eigenvalue weighted by atomic mass is 10.1. The number of hydrogen-bond acceptors (Lipinski definition) is 2. The highest BCUT2D eigenvalue weighted by atomic mass is 79.9. The van der Waals surface area contributed by atoms with E-state index >= 15 is 0 Å². The molecule has 30 heavy (non-hydrogen) atoms. The maximum atomic E-state index is 12.7. The SMILES string of the molecule is O=C(NC(=NCCc1c[nH]c2ccccc12)Nc1ccccc1)c1ccc(Br)cc1. The number of carbonyl (C=O) groups excluding carboxylic acids is 1. The van der Waals surface area contributed by atoms with Gasteiger partial charge in [0.15, 0.2) is 0 Å². The number of guanidine groups is 1. The number of aliphatic imine (C=N–C) groups is 1. The van der Waals surface area contributed by atoms with Crippen LogP contribution >= 0.6 is 15.9 Å². The van der Waals surface area contributed by atoms with E-state index in [4.69, 9.17) is 0 Å². The number of nitrogens with zero attached hydrogens (tertiary/aromatic N) is 1. The second kappa shape index (κ2) is 9.41. The second-order valence-corrected chi connectivity index (χ2v) is 7.71. The molecule has 0 bridgehead atoms. The maximum absolute atomic E-state index is 12.7. The van der Waals surface area contributed by atoms with Crippen molar-refractivity contribution in [1.82, 2.24) is 10.3 Å². The van der Waals surface area contributed by atoms with Crippen LogP contribution in [-0.4, -0.2) is 23.4 Å². The summed E-state index contributed by atoms with van der Waals surface area (Å²) in [6, 6.07) is 25.1. The lowest BCUT2D eigenvalue weighted by molar-refractivity contribution is 0.0977. The van der Waals surface area contributed by atoms with Gasteiger partial charge in [0.05, 0.1) is 0 Å². The summed E-state index contributed by atoms with van der Waals surface area (Å²) >= 11 is 3.39. The highest BCUT2D eigenvalue weighted by Crippen LogP contribution is 2.18. The molecule has 4 rings (SSSR count). The molecule has 5 nitrogen and oxygen atoms in total. The zero-order valence-corrected chi connectivity index (χ0v) is 17.8. The average molecular weight is 461 g/mol. The number of halogens is 1. The number of carbonyl (C=O) groups is 1. The average Bonchev–Trinajstić information content (AvgIpc) is 3.18. The number of aromatic nitrogens is 1. The number of rotatable bonds is 5. The minimum atomic E-state index is -0.211. The molecular weight excluding hydrogens is 440 g/mol. The number of anilines is 1. The van der Waals surface area contributed by atoms with Crippen LogP contribution < -0.4 is 10.6 Å². The van der Waals surface area contributed by atoms with Crippen molar-refractivity contribution in [2.45, 2.75) is 6.42 Å². The Balaban J connectivity index is 1.50. The molecule has 0 saturated carbocycles. The van der Waals surface area contributed by atoms with Gasteiger partial charge in [-0.3, -0.25) is 15.1 Å². The van der Waals surface area contributed by atoms with Crippen LogP contribution in [0.5, 0.6) is 0 Å². The van der Waals surface area contributed by atoms with Gasteiger partial charge in [0.2, 0.25) is 5.96 Å². The molecule has 6 heteroatoms. The van der Waals surface area contributed by atoms with E-state index in [-0.39, 0.29) is 5.91 Å². The number of H-pyrrole nitrogens is 1. The third kappa shape index (κ3) is 4.96. The Morgan fingerprint density at radius 2 is 1.67 bits per heavy atom. The van der Waals surface area contributed by atoms with E-state index in [0.29, 0.717) is 18.1 Å². The van der Waals surface area contributed by atoms with Crippen LogP contribution in [-0.2, 0) is 6.42 Å². The molecule has 3 aromatic carbocycles. The third-order valence-corrected chi connectivity index (χ3v) is 5.23. The van der Waals surface area contributed by atoms with Gasteiger partial charge < -0.3 is 10.3 Å². The van der Waals surface area contributed by atoms with Gasteiger partial charge in [0.25, 0.3) is 5.91 Å². The van der Waals surface area contributed by atoms with Crippen LogP contribution in [0.3, 0.4) is 0 Å². The van der Waals surface area contributed by atoms with E-state index < -0.39 is 0 Å². The molecule has 1 aromatic heterocycles. The first-order valence-electron chi connectivity index (χ1n) is 9.67. The van der Waals surface area contributed by atoms with Crippen LogP contribution in [0.25, 0.3) is 10.9 Å². The Morgan fingerprint density at radius 1 is 0.933 bits per heavy atom. The fourth-order valence-electron chi connectivity index (χ4n) is 3.18. The van der Waals surface area contributed by atoms with E-state index in [1.165, 1.54) is 10.9 Å². The smallest absolute Gasteiger partial charge is 0.257 e. The Labute approximate surface area is 183 Å². The topological polar surface area (TPSA) is 69.3 Å². The molecule has 0 unspecified atom stereocenters. The van der Waals surface area contributed by atoms with Crippen LogP contribution in [0.2, 0.25) is 0 Å². The van der Waals surface area contributed by atoms with Crippen molar-refractivity contribution in [3.8, 4) is 0 Å². The zero-order chi connectivity index (χ0) is 20.8. The molecule has 4 aromatic rings. The van der Waals surface area contributed by atoms with Crippen molar-refractivity contribution in [1.29, 1.82) is 0 Å². The number of amides is 1. The van der Waals surface area contributed by atoms with Gasteiger partial charge in [-0.15, -0.1) is 0 Å². The van der Waals surface area contributed by atoms with E-state index in [0.717, 1.165) is 22.1 Å². The molecular formula is C24H21BrN4O. The standard InChI is InChI=1S/C24H21BrN4O/c25-19-12-10-17(11-13-19)23(30)29-24(28-20-6-2-1-3-7-20)26-15-14-18-16-27-22-9-5-4-8-21(18)22/h1-13,16,27H,14-15H2,(H2,26,28,29,30). The molecule has 0 aliphatic rings. The Kier molecular flexibility index (Phi) is 6.25. The molecule has 0 radical (unpaired) electrons. The molecule has 1 heterocycles. The van der Waals surface area contributed by atoms with Crippen LogP contribution in [0.15, 0.2) is 94.5 Å². The van der Waals surface area contributed by atoms with Gasteiger partial charge in [-0.2, -0.15) is 0 Å². The molecule has 150 valence electrons. The number of para-hydroxylation sites is 2. The summed E-state index contributed by atoms with van der Waals surface area (Å²) in [5, 5.41) is 7.30. The van der Waals surface area contributed by atoms with Gasteiger partial charge in [0, 0.05) is 39.4 Å². The summed E-state index contributed by atoms with van der Waals surface area (Å²) in [5.41, 5.74) is 3.74. The largest absolute Gasteiger partial charge is 0.361 e. The van der Waals surface area contributed by atoms with E-state index in [1.54, 1.807) is 12.1 Å². The van der Waals surface area contributed by atoms with Gasteiger partial charge in [-0.1, -0.05) is 52.3 Å². The quantitative estimate of drug-likeness (QED) is 0.276. The van der Waals surface area contributed by atoms with Gasteiger partial charge >= 0.3 is 0 Å². The first-order chi connectivity index (χ1) is 14.7. The van der Waals surface area contributed by atoms with Gasteiger partial charge in [-0.25, -0.2) is 0 Å². The van der Waals surface area contributed by atoms with Gasteiger partial charge in [0.1, 0.15) is 0 Å². The highest BCUT2D eigenvalue weighted by molar-refractivity contribution is 9.10. The Bertz CT molecular complexity index is 1170. The monoisotopic (exact) mass is 460 g/mol. The molecule has 0 aliphatic heterocycles. The molecule has 0 saturated heterocycles. The second-order valence-electron chi connectivity index (χ2n) is 6.79. The lowest BCUT2D eigenvalue weighted by Crippen LogP contribution is -2.36. The van der Waals surface area contributed by atoms with Crippen molar-refractivity contribution in [2.75, 3.05) is 11.9 Å². The normalized spacial score (nSPS) is 11.4. The number of hydrogen-bond donors (Lipinski definition) is 3. The fraction of sp³-hybridized carbons (Fsp3) is 0.0833. The number of aromatic amines is 1. The summed E-state index contributed by atoms with van der Waals surface area (Å²) in [7, 11) is 0. The van der Waals surface area contributed by atoms with E-state index in [9.17, 15) is 4.79 Å². The number of fused-ring (bicyclic) bond motifs is 1. The summed E-state index contributed by atoms with van der Waals surface area (Å²) in [4.78, 5) is 20.6. The van der Waals surface area contributed by atoms with Gasteiger partial charge in [-0.05, 0) is 54.4 Å². The number of benzene rings is 3. The summed E-state index contributed by atoms with van der Waals surface area (Å²) in [6.45, 7) is 0.539. The molecule has 0 aliphatic carbocycles. The predicted molar refractivity (Wildman–Crippen MR) is 126 cm³/mol. The predicted octanol–water partition coefficient (Wildman–Crippen LogP) is 5.37. The van der Waals surface area contributed by atoms with Crippen LogP contribution in [0, 0.1) is 0 Å². The molecule has 0 spiro atoms. The highest BCUT2D eigenvalue weighted by Gasteiger charge is 2.10. The maximum Gasteiger partial charge on any atom is 0.257 e. The van der Waals surface area contributed by atoms with E-state index in [2.05, 4.69) is 48.7 Å². The molecule has 0 fully saturated rings. The van der Waals surface area contributed by atoms with E-state index in [1.807, 2.05) is 60.8 Å². The number of nitrogens with one attached hydrogen (secondary N) is 3.